The molecule has 2 saturated heterocycles. The quantitative estimate of drug-likeness (QED) is 0.0198. The maximum Gasteiger partial charge on any atom is 0.245 e. The zero-order chi connectivity index (χ0) is 64.9. The van der Waals surface area contributed by atoms with Crippen LogP contribution in [0.15, 0.2) is 79.0 Å². The fourth-order valence-electron chi connectivity index (χ4n) is 9.65. The second kappa shape index (κ2) is 35.7. The van der Waals surface area contributed by atoms with Gasteiger partial charge in [0.25, 0.3) is 0 Å². The third kappa shape index (κ3) is 21.4. The summed E-state index contributed by atoms with van der Waals surface area (Å²) < 4.78 is 5.97. The number of carbonyl (C=O) groups is 8. The summed E-state index contributed by atoms with van der Waals surface area (Å²) >= 11 is 2.82. The van der Waals surface area contributed by atoms with Gasteiger partial charge in [-0.1, -0.05) is 76.2 Å². The minimum absolute atomic E-state index is 0.00155. The van der Waals surface area contributed by atoms with Gasteiger partial charge in [-0.15, -0.1) is 11.8 Å². The van der Waals surface area contributed by atoms with Crippen molar-refractivity contribution >= 4 is 114 Å². The second-order valence-corrected chi connectivity index (χ2v) is 26.6. The Kier molecular flexibility index (Phi) is 29.0. The number of H-pyrrole nitrogens is 1. The number of amides is 8. The minimum atomic E-state index is -1.74. The lowest BCUT2D eigenvalue weighted by molar-refractivity contribution is -0.368. The number of aliphatic hydroxyl groups is 7. The number of rotatable bonds is 23. The van der Waals surface area contributed by atoms with Crippen LogP contribution in [0.3, 0.4) is 0 Å². The van der Waals surface area contributed by atoms with Gasteiger partial charge in [-0.3, -0.25) is 38.4 Å². The van der Waals surface area contributed by atoms with Gasteiger partial charge in [0.1, 0.15) is 77.9 Å². The third-order valence-electron chi connectivity index (χ3n) is 14.8. The van der Waals surface area contributed by atoms with Crippen molar-refractivity contribution in [3.05, 3.63) is 99.3 Å². The Morgan fingerprint density at radius 2 is 1.43 bits per heavy atom. The molecule has 3 heterocycles. The van der Waals surface area contributed by atoms with E-state index in [9.17, 15) is 69.6 Å². The molecule has 15 atom stereocenters. The number of para-hydroxylation sites is 1. The topological polar surface area (TPSA) is 447 Å². The number of benzene rings is 3. The Morgan fingerprint density at radius 3 is 2.10 bits per heavy atom. The van der Waals surface area contributed by atoms with Gasteiger partial charge in [-0.2, -0.15) is 0 Å². The van der Waals surface area contributed by atoms with Gasteiger partial charge in [0.2, 0.25) is 47.3 Å². The molecular weight excluding hydrogens is 1330 g/mol. The summed E-state index contributed by atoms with van der Waals surface area (Å²) in [6.07, 6.45) is -7.17. The first-order chi connectivity index (χ1) is 42.5. The van der Waals surface area contributed by atoms with E-state index in [4.69, 9.17) is 4.74 Å². The number of halogens is 1. The number of aromatic hydroxyl groups is 1. The molecule has 2 aliphatic rings. The molecule has 2 aliphatic heterocycles. The van der Waals surface area contributed by atoms with Crippen LogP contribution in [-0.4, -0.2) is 221 Å². The summed E-state index contributed by atoms with van der Waals surface area (Å²) in [4.78, 5) is 120. The Labute approximate surface area is 539 Å². The Morgan fingerprint density at radius 1 is 0.764 bits per heavy atom. The van der Waals surface area contributed by atoms with Crippen LogP contribution >= 0.6 is 55.9 Å². The molecular formula is C58H80IN10O17S3+. The van der Waals surface area contributed by atoms with Crippen LogP contribution in [0, 0.1) is 3.57 Å². The molecule has 6 unspecified atom stereocenters. The van der Waals surface area contributed by atoms with Crippen molar-refractivity contribution in [1.29, 1.82) is 0 Å². The first-order valence-corrected chi connectivity index (χ1v) is 33.5. The highest BCUT2D eigenvalue weighted by Crippen LogP contribution is 2.30. The summed E-state index contributed by atoms with van der Waals surface area (Å²) in [6, 6.07) is 8.45. The van der Waals surface area contributed by atoms with E-state index in [0.29, 0.717) is 50.5 Å². The highest BCUT2D eigenvalue weighted by Gasteiger charge is 2.44. The van der Waals surface area contributed by atoms with Crippen LogP contribution in [-0.2, 0) is 62.4 Å². The van der Waals surface area contributed by atoms with Gasteiger partial charge < -0.3 is 98.8 Å². The molecule has 6 rings (SSSR count). The van der Waals surface area contributed by atoms with Crippen molar-refractivity contribution in [2.45, 2.75) is 149 Å². The molecule has 2 fully saturated rings. The van der Waals surface area contributed by atoms with Crippen LogP contribution in [0.4, 0.5) is 0 Å². The largest absolute Gasteiger partial charge is 0.507 e. The van der Waals surface area contributed by atoms with Crippen molar-refractivity contribution in [1.82, 2.24) is 47.5 Å². The molecule has 4 aromatic rings. The first-order valence-electron chi connectivity index (χ1n) is 28.9. The maximum absolute atomic E-state index is 15.1. The van der Waals surface area contributed by atoms with E-state index in [1.807, 2.05) is 28.7 Å². The highest BCUT2D eigenvalue weighted by atomic mass is 127. The Balaban J connectivity index is 1.39. The number of ether oxygens (including phenoxy) is 1. The lowest BCUT2D eigenvalue weighted by atomic mass is 10.0. The first kappa shape index (κ1) is 72.2. The number of aromatic amines is 1. The molecule has 0 bridgehead atoms. The molecule has 3 aromatic carbocycles. The standard InChI is InChI=1S/C58H79IN10O17S3/c1-29(72)41(25-70)66-56(84)43-28-89-88-27-42(67-52(80)38(21-31-10-4-3-5-11-31)62-46(75)17-19-87-58-50(78)49(77)48(76)45(26-71)86-58)55(83)64-39(22-32-15-16-44(74)35(59)20-32)53(81)65-40(23-33-24-61-36-13-7-6-12-34(33)36)54(82)63-37(14-8-9-18-60)51(79)69-47(30(2)73)57(85)68-43/h3-7,10-13,15-16,20,24,29-30,37-43,45,47-50,58,61,70-74,76-78H,8-9,14,17-19,21-23,25-28,60H2,1-2H3,(H,62,75)(H,63,82)(H,64,83)(H,65,81)(H,66,84)(H,67,80)(H,68,85)(H,69,79)/p+1/t29?,30?,37-,38?,39-,40+,41+,42?,43-,45?,47-,48-,49-,50?,58-/m0/s1. The number of thioether (sulfide) groups is 1. The van der Waals surface area contributed by atoms with E-state index in [0.717, 1.165) is 33.3 Å². The van der Waals surface area contributed by atoms with E-state index in [1.165, 1.54) is 26.0 Å². The number of carbonyl (C=O) groups excluding carboxylic acids is 8. The maximum atomic E-state index is 15.1. The summed E-state index contributed by atoms with van der Waals surface area (Å²) in [5.74, 6) is -7.84. The van der Waals surface area contributed by atoms with Crippen molar-refractivity contribution in [3.8, 4) is 5.75 Å². The number of nitrogens with one attached hydrogen (secondary N) is 9. The number of aromatic nitrogens is 1. The molecule has 0 radical (unpaired) electrons. The van der Waals surface area contributed by atoms with Crippen molar-refractivity contribution in [3.63, 3.8) is 0 Å². The predicted octanol–water partition coefficient (Wildman–Crippen LogP) is -3.13. The number of quaternary nitrogens is 1. The van der Waals surface area contributed by atoms with Crippen LogP contribution in [0.1, 0.15) is 56.2 Å². The molecule has 8 amide bonds. The number of phenolic OH excluding ortho intramolecular Hbond substituents is 1. The molecule has 31 heteroatoms. The number of hydrogen-bond acceptors (Lipinski definition) is 20. The number of aliphatic hydroxyl groups excluding tert-OH is 7. The molecule has 27 nitrogen and oxygen atoms in total. The van der Waals surface area contributed by atoms with Crippen LogP contribution in [0.25, 0.3) is 10.9 Å². The predicted molar refractivity (Wildman–Crippen MR) is 340 cm³/mol. The van der Waals surface area contributed by atoms with Crippen LogP contribution in [0.5, 0.6) is 5.75 Å². The second-order valence-electron chi connectivity index (χ2n) is 21.7. The fourth-order valence-corrected chi connectivity index (χ4v) is 13.7. The SMILES string of the molecule is CC(O)[C@@H]1NC(=O)[C@H](CCCC[NH3+])NC(=O)[C@@H](Cc2c[nH]c3ccccc23)NC(=O)[C@H](Cc2ccc(O)c(I)c2)NC(=O)C(NC(=O)C(Cc2ccccc2)NC(=O)CCS[C@@H]2OC(CO)[C@H](O)[C@H](O)C2O)CSSC[C@@H](C(=O)N[C@H](CO)C(C)O)NC1=O. The minimum Gasteiger partial charge on any atom is -0.507 e. The lowest BCUT2D eigenvalue weighted by Crippen LogP contribution is -2.62. The number of phenols is 1. The van der Waals surface area contributed by atoms with Crippen molar-refractivity contribution in [2.75, 3.05) is 37.0 Å². The van der Waals surface area contributed by atoms with E-state index in [2.05, 4.69) is 53.3 Å². The lowest BCUT2D eigenvalue weighted by Gasteiger charge is -2.39. The van der Waals surface area contributed by atoms with E-state index >= 15 is 9.59 Å². The van der Waals surface area contributed by atoms with Gasteiger partial charge in [0.15, 0.2) is 0 Å². The zero-order valence-electron chi connectivity index (χ0n) is 48.9. The van der Waals surface area contributed by atoms with Crippen molar-refractivity contribution in [2.24, 2.45) is 0 Å². The summed E-state index contributed by atoms with van der Waals surface area (Å²) in [5.41, 5.74) is 5.05. The zero-order valence-corrected chi connectivity index (χ0v) is 53.5. The normalized spacial score (nSPS) is 25.8. The molecule has 89 heavy (non-hydrogen) atoms. The average Bonchev–Trinajstić information content (AvgIpc) is 2.18. The Hall–Kier alpha value is -5.82. The highest BCUT2D eigenvalue weighted by molar-refractivity contribution is 14.1. The van der Waals surface area contributed by atoms with Crippen LogP contribution in [0.2, 0.25) is 0 Å². The summed E-state index contributed by atoms with van der Waals surface area (Å²) in [5, 5.41) is 105. The van der Waals surface area contributed by atoms with E-state index in [-0.39, 0.29) is 55.1 Å². The third-order valence-corrected chi connectivity index (χ3v) is 19.3. The molecule has 0 spiro atoms. The smallest absolute Gasteiger partial charge is 0.245 e. The number of hydrogen-bond donors (Lipinski definition) is 18. The molecule has 0 aliphatic carbocycles. The summed E-state index contributed by atoms with van der Waals surface area (Å²) in [6.45, 7) is 1.63. The monoisotopic (exact) mass is 1410 g/mol. The molecule has 0 saturated carbocycles. The van der Waals surface area contributed by atoms with Gasteiger partial charge in [0, 0.05) is 60.0 Å². The number of unbranched alkanes of at least 4 members (excludes halogenated alkanes) is 1. The van der Waals surface area contributed by atoms with E-state index in [1.54, 1.807) is 60.8 Å². The van der Waals surface area contributed by atoms with Crippen molar-refractivity contribution < 1.29 is 89.7 Å². The van der Waals surface area contributed by atoms with Gasteiger partial charge in [0.05, 0.1) is 41.6 Å². The van der Waals surface area contributed by atoms with Gasteiger partial charge in [-0.05, 0) is 90.6 Å². The molecule has 1 aromatic heterocycles. The fraction of sp³-hybridized carbons (Fsp3) is 0.517. The van der Waals surface area contributed by atoms with E-state index < -0.39 is 151 Å². The average molecular weight is 1410 g/mol. The number of fused-ring (bicyclic) bond motifs is 1. The molecule has 20 N–H and O–H groups in total. The summed E-state index contributed by atoms with van der Waals surface area (Å²) in [7, 11) is 1.85. The molecule has 488 valence electrons. The van der Waals surface area contributed by atoms with Gasteiger partial charge >= 0.3 is 0 Å². The van der Waals surface area contributed by atoms with Crippen LogP contribution < -0.4 is 48.3 Å². The Bertz CT molecular complexity index is 3030. The van der Waals surface area contributed by atoms with Gasteiger partial charge in [-0.25, -0.2) is 0 Å².